The molecule has 1 fully saturated rings. The van der Waals surface area contributed by atoms with Gasteiger partial charge in [0, 0.05) is 22.9 Å². The van der Waals surface area contributed by atoms with Gasteiger partial charge in [0.2, 0.25) is 0 Å². The van der Waals surface area contributed by atoms with Crippen molar-refractivity contribution in [2.75, 3.05) is 0 Å². The van der Waals surface area contributed by atoms with Gasteiger partial charge in [0.25, 0.3) is 0 Å². The number of hydrogen-bond acceptors (Lipinski definition) is 2. The molecule has 94 valence electrons. The second kappa shape index (κ2) is 4.68. The van der Waals surface area contributed by atoms with Crippen molar-refractivity contribution in [3.63, 3.8) is 0 Å². The molecular weight excluding hydrogens is 259 g/mol. The van der Waals surface area contributed by atoms with Crippen molar-refractivity contribution in [1.82, 2.24) is 0 Å². The third-order valence-electron chi connectivity index (χ3n) is 3.86. The second-order valence-corrected chi connectivity index (χ2v) is 5.64. The van der Waals surface area contributed by atoms with Crippen LogP contribution in [0.25, 0.3) is 0 Å². The van der Waals surface area contributed by atoms with Crippen LogP contribution in [0.2, 0.25) is 10.0 Å². The van der Waals surface area contributed by atoms with Crippen LogP contribution in [0.3, 0.4) is 0 Å². The van der Waals surface area contributed by atoms with Crippen molar-refractivity contribution in [3.05, 3.63) is 28.2 Å². The first-order valence-corrected chi connectivity index (χ1v) is 6.52. The Labute approximate surface area is 111 Å². The minimum Gasteiger partial charge on any atom is -0.488 e. The summed E-state index contributed by atoms with van der Waals surface area (Å²) in [6.07, 6.45) is 1.22. The fraction of sp³-hybridized carbons (Fsp3) is 0.538. The quantitative estimate of drug-likeness (QED) is 0.905. The van der Waals surface area contributed by atoms with Gasteiger partial charge in [-0.05, 0) is 18.6 Å². The molecule has 2 nitrogen and oxygen atoms in total. The van der Waals surface area contributed by atoms with E-state index in [1.54, 1.807) is 18.2 Å². The van der Waals surface area contributed by atoms with E-state index in [0.717, 1.165) is 6.42 Å². The minimum atomic E-state index is -0.296. The van der Waals surface area contributed by atoms with Crippen LogP contribution in [-0.2, 0) is 0 Å². The van der Waals surface area contributed by atoms with Gasteiger partial charge >= 0.3 is 0 Å². The van der Waals surface area contributed by atoms with Crippen LogP contribution in [-0.4, -0.2) is 17.3 Å². The summed E-state index contributed by atoms with van der Waals surface area (Å²) < 4.78 is 5.86. The third-order valence-corrected chi connectivity index (χ3v) is 4.41. The summed E-state index contributed by atoms with van der Waals surface area (Å²) in [5, 5.41) is 10.9. The summed E-state index contributed by atoms with van der Waals surface area (Å²) in [5.74, 6) is 0.593. The number of aliphatic hydroxyl groups is 1. The first-order valence-electron chi connectivity index (χ1n) is 5.77. The SMILES string of the molecule is CCC1(C)C(O)CC1Oc1cc(Cl)ccc1Cl. The van der Waals surface area contributed by atoms with E-state index in [9.17, 15) is 5.11 Å². The maximum absolute atomic E-state index is 9.80. The Morgan fingerprint density at radius 2 is 2.18 bits per heavy atom. The van der Waals surface area contributed by atoms with Crippen molar-refractivity contribution < 1.29 is 9.84 Å². The van der Waals surface area contributed by atoms with Gasteiger partial charge < -0.3 is 9.84 Å². The van der Waals surface area contributed by atoms with Gasteiger partial charge in [0.1, 0.15) is 11.9 Å². The maximum atomic E-state index is 9.80. The molecule has 0 amide bonds. The number of hydrogen-bond donors (Lipinski definition) is 1. The number of benzene rings is 1. The lowest BCUT2D eigenvalue weighted by Gasteiger charge is -2.50. The Kier molecular flexibility index (Phi) is 3.58. The smallest absolute Gasteiger partial charge is 0.139 e. The molecule has 1 aliphatic rings. The molecule has 0 aromatic heterocycles. The highest BCUT2D eigenvalue weighted by molar-refractivity contribution is 6.34. The predicted molar refractivity (Wildman–Crippen MR) is 69.9 cm³/mol. The third kappa shape index (κ3) is 2.26. The average molecular weight is 275 g/mol. The minimum absolute atomic E-state index is 0.00142. The summed E-state index contributed by atoms with van der Waals surface area (Å²) in [4.78, 5) is 0. The molecule has 0 spiro atoms. The molecule has 3 atom stereocenters. The van der Waals surface area contributed by atoms with E-state index in [2.05, 4.69) is 6.92 Å². The van der Waals surface area contributed by atoms with Crippen LogP contribution in [0.5, 0.6) is 5.75 Å². The lowest BCUT2D eigenvalue weighted by molar-refractivity contribution is -0.147. The molecule has 0 bridgehead atoms. The lowest BCUT2D eigenvalue weighted by atomic mass is 9.63. The van der Waals surface area contributed by atoms with Crippen molar-refractivity contribution in [2.24, 2.45) is 5.41 Å². The number of ether oxygens (including phenoxy) is 1. The molecule has 0 aliphatic heterocycles. The van der Waals surface area contributed by atoms with Crippen molar-refractivity contribution in [3.8, 4) is 5.75 Å². The summed E-state index contributed by atoms with van der Waals surface area (Å²) in [5.41, 5.74) is -0.189. The Bertz CT molecular complexity index is 422. The zero-order valence-corrected chi connectivity index (χ0v) is 11.4. The van der Waals surface area contributed by atoms with Crippen molar-refractivity contribution in [2.45, 2.75) is 38.9 Å². The van der Waals surface area contributed by atoms with Crippen LogP contribution >= 0.6 is 23.2 Å². The van der Waals surface area contributed by atoms with E-state index in [4.69, 9.17) is 27.9 Å². The summed E-state index contributed by atoms with van der Waals surface area (Å²) in [7, 11) is 0. The summed E-state index contributed by atoms with van der Waals surface area (Å²) in [6.45, 7) is 4.09. The van der Waals surface area contributed by atoms with Crippen LogP contribution < -0.4 is 4.74 Å². The average Bonchev–Trinajstić information content (AvgIpc) is 2.32. The molecule has 3 unspecified atom stereocenters. The number of aliphatic hydroxyl groups excluding tert-OH is 1. The molecular formula is C13H16Cl2O2. The molecule has 2 rings (SSSR count). The molecule has 1 aliphatic carbocycles. The molecule has 0 radical (unpaired) electrons. The van der Waals surface area contributed by atoms with Crippen LogP contribution in [0.15, 0.2) is 18.2 Å². The Hall–Kier alpha value is -0.440. The molecule has 4 heteroatoms. The van der Waals surface area contributed by atoms with Gasteiger partial charge in [-0.3, -0.25) is 0 Å². The highest BCUT2D eigenvalue weighted by Crippen LogP contribution is 2.46. The highest BCUT2D eigenvalue weighted by atomic mass is 35.5. The zero-order valence-electron chi connectivity index (χ0n) is 9.91. The van der Waals surface area contributed by atoms with Crippen molar-refractivity contribution >= 4 is 23.2 Å². The van der Waals surface area contributed by atoms with E-state index in [1.165, 1.54) is 0 Å². The zero-order chi connectivity index (χ0) is 12.6. The van der Waals surface area contributed by atoms with E-state index in [1.807, 2.05) is 6.92 Å². The summed E-state index contributed by atoms with van der Waals surface area (Å²) in [6, 6.07) is 5.16. The molecule has 17 heavy (non-hydrogen) atoms. The lowest BCUT2D eigenvalue weighted by Crippen LogP contribution is -2.57. The maximum Gasteiger partial charge on any atom is 0.139 e. The second-order valence-electron chi connectivity index (χ2n) is 4.79. The molecule has 1 saturated carbocycles. The van der Waals surface area contributed by atoms with Crippen LogP contribution in [0, 0.1) is 5.41 Å². The Morgan fingerprint density at radius 1 is 1.47 bits per heavy atom. The van der Waals surface area contributed by atoms with Gasteiger partial charge in [-0.1, -0.05) is 37.0 Å². The Morgan fingerprint density at radius 3 is 2.76 bits per heavy atom. The van der Waals surface area contributed by atoms with Crippen LogP contribution in [0.4, 0.5) is 0 Å². The van der Waals surface area contributed by atoms with Gasteiger partial charge in [0.15, 0.2) is 0 Å². The predicted octanol–water partition coefficient (Wildman–Crippen LogP) is 3.92. The van der Waals surface area contributed by atoms with Gasteiger partial charge in [-0.2, -0.15) is 0 Å². The topological polar surface area (TPSA) is 29.5 Å². The van der Waals surface area contributed by atoms with E-state index < -0.39 is 0 Å². The Balaban J connectivity index is 2.14. The van der Waals surface area contributed by atoms with Gasteiger partial charge in [-0.15, -0.1) is 0 Å². The van der Waals surface area contributed by atoms with Crippen LogP contribution in [0.1, 0.15) is 26.7 Å². The normalized spacial score (nSPS) is 32.1. The first-order chi connectivity index (χ1) is 7.97. The first kappa shape index (κ1) is 13.0. The fourth-order valence-corrected chi connectivity index (χ4v) is 2.49. The van der Waals surface area contributed by atoms with E-state index in [-0.39, 0.29) is 17.6 Å². The van der Waals surface area contributed by atoms with E-state index >= 15 is 0 Å². The highest BCUT2D eigenvalue weighted by Gasteiger charge is 2.51. The molecule has 0 heterocycles. The number of halogens is 2. The van der Waals surface area contributed by atoms with Crippen molar-refractivity contribution in [1.29, 1.82) is 0 Å². The summed E-state index contributed by atoms with van der Waals surface area (Å²) >= 11 is 12.0. The standard InChI is InChI=1S/C13H16Cl2O2/c1-3-13(2)11(16)7-12(13)17-10-6-8(14)4-5-9(10)15/h4-6,11-12,16H,3,7H2,1-2H3. The van der Waals surface area contributed by atoms with Gasteiger partial charge in [0.05, 0.1) is 11.1 Å². The number of rotatable bonds is 3. The fourth-order valence-electron chi connectivity index (χ4n) is 2.16. The molecule has 0 saturated heterocycles. The molecule has 1 aromatic rings. The van der Waals surface area contributed by atoms with Gasteiger partial charge in [-0.25, -0.2) is 0 Å². The molecule has 1 N–H and O–H groups in total. The molecule has 1 aromatic carbocycles. The monoisotopic (exact) mass is 274 g/mol. The largest absolute Gasteiger partial charge is 0.488 e. The van der Waals surface area contributed by atoms with E-state index in [0.29, 0.717) is 22.2 Å².